The van der Waals surface area contributed by atoms with Crippen molar-refractivity contribution in [2.24, 2.45) is 10.9 Å². The van der Waals surface area contributed by atoms with E-state index in [1.165, 1.54) is 0 Å². The van der Waals surface area contributed by atoms with Crippen molar-refractivity contribution in [1.82, 2.24) is 16.0 Å². The molecular formula is C15H27IN4O2. The van der Waals surface area contributed by atoms with Crippen molar-refractivity contribution in [2.45, 2.75) is 33.7 Å². The topological polar surface area (TPSA) is 78.7 Å². The first-order valence-corrected chi connectivity index (χ1v) is 7.25. The molecular weight excluding hydrogens is 395 g/mol. The van der Waals surface area contributed by atoms with Gasteiger partial charge in [-0.25, -0.2) is 0 Å². The molecule has 0 fully saturated rings. The number of nitrogens with zero attached hydrogens (tertiary/aromatic N) is 1. The van der Waals surface area contributed by atoms with E-state index in [4.69, 9.17) is 4.42 Å². The third kappa shape index (κ3) is 7.15. The Bertz CT molecular complexity index is 486. The fourth-order valence-electron chi connectivity index (χ4n) is 1.73. The van der Waals surface area contributed by atoms with Gasteiger partial charge in [0.15, 0.2) is 5.96 Å². The number of furan rings is 1. The van der Waals surface area contributed by atoms with Gasteiger partial charge in [-0.1, -0.05) is 13.8 Å². The predicted octanol–water partition coefficient (Wildman–Crippen LogP) is 2.20. The summed E-state index contributed by atoms with van der Waals surface area (Å²) in [6, 6.07) is 3.91. The molecule has 126 valence electrons. The predicted molar refractivity (Wildman–Crippen MR) is 99.6 cm³/mol. The van der Waals surface area contributed by atoms with Gasteiger partial charge in [0.2, 0.25) is 5.91 Å². The summed E-state index contributed by atoms with van der Waals surface area (Å²) >= 11 is 0. The van der Waals surface area contributed by atoms with Crippen LogP contribution in [-0.2, 0) is 4.79 Å². The summed E-state index contributed by atoms with van der Waals surface area (Å²) in [5, 5.41) is 9.24. The second-order valence-corrected chi connectivity index (χ2v) is 5.26. The van der Waals surface area contributed by atoms with Gasteiger partial charge in [-0.3, -0.25) is 9.79 Å². The molecule has 3 N–H and O–H groups in total. The smallest absolute Gasteiger partial charge is 0.222 e. The lowest BCUT2D eigenvalue weighted by Gasteiger charge is -2.16. The van der Waals surface area contributed by atoms with Crippen LogP contribution in [0.4, 0.5) is 0 Å². The van der Waals surface area contributed by atoms with Gasteiger partial charge in [0.1, 0.15) is 11.5 Å². The zero-order valence-corrected chi connectivity index (χ0v) is 16.2. The molecule has 1 amide bonds. The van der Waals surface area contributed by atoms with Crippen LogP contribution in [0, 0.1) is 12.8 Å². The van der Waals surface area contributed by atoms with Crippen LogP contribution >= 0.6 is 24.0 Å². The molecule has 0 spiro atoms. The zero-order valence-electron chi connectivity index (χ0n) is 13.9. The molecule has 0 aliphatic heterocycles. The van der Waals surface area contributed by atoms with Crippen molar-refractivity contribution in [3.05, 3.63) is 23.7 Å². The van der Waals surface area contributed by atoms with Crippen LogP contribution in [0.15, 0.2) is 21.5 Å². The molecule has 1 rings (SSSR count). The highest BCUT2D eigenvalue weighted by molar-refractivity contribution is 14.0. The molecule has 1 atom stereocenters. The lowest BCUT2D eigenvalue weighted by Crippen LogP contribution is -2.42. The average molecular weight is 422 g/mol. The fourth-order valence-corrected chi connectivity index (χ4v) is 1.73. The highest BCUT2D eigenvalue weighted by atomic mass is 127. The molecule has 1 heterocycles. The number of guanidine groups is 1. The quantitative estimate of drug-likeness (QED) is 0.284. The van der Waals surface area contributed by atoms with Gasteiger partial charge < -0.3 is 20.4 Å². The molecule has 0 saturated heterocycles. The van der Waals surface area contributed by atoms with Gasteiger partial charge in [-0.2, -0.15) is 0 Å². The number of hydrogen-bond donors (Lipinski definition) is 3. The van der Waals surface area contributed by atoms with Gasteiger partial charge in [0.05, 0.1) is 6.04 Å². The number of halogens is 1. The molecule has 7 heteroatoms. The summed E-state index contributed by atoms with van der Waals surface area (Å²) in [5.74, 6) is 2.49. The maximum Gasteiger partial charge on any atom is 0.222 e. The summed E-state index contributed by atoms with van der Waals surface area (Å²) in [6.07, 6.45) is 0. The van der Waals surface area contributed by atoms with Crippen molar-refractivity contribution in [1.29, 1.82) is 0 Å². The van der Waals surface area contributed by atoms with Crippen LogP contribution in [0.25, 0.3) is 0 Å². The molecule has 22 heavy (non-hydrogen) atoms. The number of nitrogens with one attached hydrogen (secondary N) is 3. The Morgan fingerprint density at radius 3 is 2.36 bits per heavy atom. The van der Waals surface area contributed by atoms with Crippen LogP contribution in [0.1, 0.15) is 38.3 Å². The number of amides is 1. The van der Waals surface area contributed by atoms with E-state index in [1.54, 1.807) is 7.05 Å². The molecule has 6 nitrogen and oxygen atoms in total. The maximum absolute atomic E-state index is 11.4. The number of aryl methyl sites for hydroxylation is 1. The summed E-state index contributed by atoms with van der Waals surface area (Å²) in [7, 11) is 1.71. The van der Waals surface area contributed by atoms with Crippen LogP contribution in [0.2, 0.25) is 0 Å². The number of carbonyl (C=O) groups is 1. The Morgan fingerprint density at radius 2 is 1.86 bits per heavy atom. The highest BCUT2D eigenvalue weighted by Crippen LogP contribution is 2.15. The van der Waals surface area contributed by atoms with E-state index < -0.39 is 0 Å². The van der Waals surface area contributed by atoms with Gasteiger partial charge in [0, 0.05) is 26.1 Å². The molecule has 0 aliphatic carbocycles. The molecule has 0 bridgehead atoms. The van der Waals surface area contributed by atoms with Gasteiger partial charge in [-0.05, 0) is 26.0 Å². The summed E-state index contributed by atoms with van der Waals surface area (Å²) in [5.41, 5.74) is 0. The Hall–Kier alpha value is -1.25. The van der Waals surface area contributed by atoms with E-state index in [1.807, 2.05) is 39.8 Å². The molecule has 0 saturated carbocycles. The van der Waals surface area contributed by atoms with Crippen molar-refractivity contribution < 1.29 is 9.21 Å². The van der Waals surface area contributed by atoms with Crippen molar-refractivity contribution >= 4 is 35.8 Å². The van der Waals surface area contributed by atoms with E-state index in [9.17, 15) is 4.79 Å². The lowest BCUT2D eigenvalue weighted by molar-refractivity contribution is -0.123. The molecule has 0 aromatic carbocycles. The van der Waals surface area contributed by atoms with Crippen LogP contribution < -0.4 is 16.0 Å². The largest absolute Gasteiger partial charge is 0.464 e. The minimum absolute atomic E-state index is 0. The van der Waals surface area contributed by atoms with Crippen molar-refractivity contribution in [3.8, 4) is 0 Å². The Labute approximate surface area is 149 Å². The van der Waals surface area contributed by atoms with E-state index in [0.29, 0.717) is 19.0 Å². The number of aliphatic imine (C=N–C) groups is 1. The maximum atomic E-state index is 11.4. The van der Waals surface area contributed by atoms with Gasteiger partial charge >= 0.3 is 0 Å². The lowest BCUT2D eigenvalue weighted by atomic mass is 10.2. The van der Waals surface area contributed by atoms with Crippen molar-refractivity contribution in [2.75, 3.05) is 20.1 Å². The van der Waals surface area contributed by atoms with Gasteiger partial charge in [0.25, 0.3) is 0 Å². The second kappa shape index (κ2) is 10.5. The second-order valence-electron chi connectivity index (χ2n) is 5.26. The monoisotopic (exact) mass is 422 g/mol. The first kappa shape index (κ1) is 20.8. The molecule has 1 aromatic heterocycles. The zero-order chi connectivity index (χ0) is 15.8. The number of hydrogen-bond acceptors (Lipinski definition) is 3. The molecule has 0 aliphatic rings. The molecule has 1 aromatic rings. The summed E-state index contributed by atoms with van der Waals surface area (Å²) in [6.45, 7) is 8.84. The highest BCUT2D eigenvalue weighted by Gasteiger charge is 2.11. The Morgan fingerprint density at radius 1 is 1.23 bits per heavy atom. The standard InChI is InChI=1S/C15H26N4O2.HI/c1-10(2)14(20)17-8-9-18-15(16-5)19-12(4)13-7-6-11(3)21-13;/h6-7,10,12H,8-9H2,1-5H3,(H,17,20)(H2,16,18,19);1H. The minimum Gasteiger partial charge on any atom is -0.464 e. The van der Waals surface area contributed by atoms with Crippen LogP contribution in [0.5, 0.6) is 0 Å². The van der Waals surface area contributed by atoms with Crippen LogP contribution in [0.3, 0.4) is 0 Å². The van der Waals surface area contributed by atoms with Crippen molar-refractivity contribution in [3.63, 3.8) is 0 Å². The molecule has 1 unspecified atom stereocenters. The summed E-state index contributed by atoms with van der Waals surface area (Å²) < 4.78 is 5.57. The fraction of sp³-hybridized carbons (Fsp3) is 0.600. The first-order valence-electron chi connectivity index (χ1n) is 7.25. The third-order valence-electron chi connectivity index (χ3n) is 3.01. The van der Waals surface area contributed by atoms with Crippen LogP contribution in [-0.4, -0.2) is 32.0 Å². The third-order valence-corrected chi connectivity index (χ3v) is 3.01. The average Bonchev–Trinajstić information content (AvgIpc) is 2.88. The summed E-state index contributed by atoms with van der Waals surface area (Å²) in [4.78, 5) is 15.6. The first-order chi connectivity index (χ1) is 9.93. The Balaban J connectivity index is 0.00000441. The molecule has 0 radical (unpaired) electrons. The Kier molecular flexibility index (Phi) is 9.88. The van der Waals surface area contributed by atoms with E-state index in [2.05, 4.69) is 20.9 Å². The minimum atomic E-state index is 0. The number of rotatable bonds is 6. The number of carbonyl (C=O) groups excluding carboxylic acids is 1. The van der Waals surface area contributed by atoms with Gasteiger partial charge in [-0.15, -0.1) is 24.0 Å². The SMILES string of the molecule is CN=C(NCCNC(=O)C(C)C)NC(C)c1ccc(C)o1.I. The van der Waals surface area contributed by atoms with E-state index in [-0.39, 0.29) is 41.8 Å². The normalized spacial score (nSPS) is 12.5. The van der Waals surface area contributed by atoms with E-state index in [0.717, 1.165) is 11.5 Å². The van der Waals surface area contributed by atoms with E-state index >= 15 is 0 Å².